The molecular weight excluding hydrogens is 472 g/mol. The Hall–Kier alpha value is -2.37. The first kappa shape index (κ1) is 22.8. The molecule has 5 nitrogen and oxygen atoms in total. The Morgan fingerprint density at radius 3 is 2.81 bits per heavy atom. The summed E-state index contributed by atoms with van der Waals surface area (Å²) >= 11 is 6.23. The minimum Gasteiger partial charge on any atom is -0.460 e. The highest BCUT2D eigenvalue weighted by Gasteiger charge is 2.51. The van der Waals surface area contributed by atoms with E-state index < -0.39 is 5.60 Å². The van der Waals surface area contributed by atoms with Gasteiger partial charge >= 0.3 is 5.97 Å². The number of allylic oxidation sites excluding steroid dienone is 2. The summed E-state index contributed by atoms with van der Waals surface area (Å²) in [6, 6.07) is 6.16. The number of hydrogen-bond acceptors (Lipinski definition) is 4. The minimum atomic E-state index is -0.475. The van der Waals surface area contributed by atoms with Gasteiger partial charge < -0.3 is 14.5 Å². The van der Waals surface area contributed by atoms with E-state index in [1.54, 1.807) is 0 Å². The Kier molecular flexibility index (Phi) is 5.11. The van der Waals surface area contributed by atoms with E-state index in [1.807, 2.05) is 32.9 Å². The average molecular weight is 505 g/mol. The lowest BCUT2D eigenvalue weighted by Crippen LogP contribution is -2.34. The molecule has 1 aromatic carbocycles. The molecule has 4 aliphatic carbocycles. The van der Waals surface area contributed by atoms with E-state index in [1.165, 1.54) is 34.4 Å². The zero-order chi connectivity index (χ0) is 24.8. The summed E-state index contributed by atoms with van der Waals surface area (Å²) in [5, 5.41) is 0.756. The molecule has 4 unspecified atom stereocenters. The van der Waals surface area contributed by atoms with Gasteiger partial charge in [0.1, 0.15) is 11.4 Å². The molecule has 188 valence electrons. The number of aromatic nitrogens is 2. The van der Waals surface area contributed by atoms with Crippen molar-refractivity contribution in [2.24, 2.45) is 17.8 Å². The van der Waals surface area contributed by atoms with Crippen molar-refractivity contribution in [2.45, 2.75) is 83.0 Å². The van der Waals surface area contributed by atoms with Crippen molar-refractivity contribution in [3.8, 4) is 0 Å². The van der Waals surface area contributed by atoms with Crippen LogP contribution in [-0.4, -0.2) is 27.6 Å². The predicted molar refractivity (Wildman–Crippen MR) is 139 cm³/mol. The Morgan fingerprint density at radius 1 is 1.14 bits per heavy atom. The summed E-state index contributed by atoms with van der Waals surface area (Å²) in [6.07, 6.45) is 9.78. The van der Waals surface area contributed by atoms with Gasteiger partial charge in [-0.25, -0.2) is 4.98 Å². The molecule has 0 spiro atoms. The van der Waals surface area contributed by atoms with Crippen molar-refractivity contribution in [2.75, 3.05) is 0 Å². The molecule has 7 rings (SSSR count). The van der Waals surface area contributed by atoms with Crippen molar-refractivity contribution in [3.05, 3.63) is 69.3 Å². The monoisotopic (exact) mass is 504 g/mol. The quantitative estimate of drug-likeness (QED) is 0.475. The molecule has 1 aromatic heterocycles. The number of imidazole rings is 1. The van der Waals surface area contributed by atoms with Crippen LogP contribution < -0.4 is 0 Å². The van der Waals surface area contributed by atoms with Gasteiger partial charge in [0.2, 0.25) is 0 Å². The van der Waals surface area contributed by atoms with Crippen LogP contribution in [0.4, 0.5) is 0 Å². The third kappa shape index (κ3) is 3.86. The molecule has 2 saturated carbocycles. The highest BCUT2D eigenvalue weighted by atomic mass is 35.5. The van der Waals surface area contributed by atoms with E-state index in [4.69, 9.17) is 26.1 Å². The zero-order valence-corrected chi connectivity index (χ0v) is 21.9. The molecule has 5 aliphatic rings. The number of nitrogens with zero attached hydrogens (tertiary/aromatic N) is 1. The summed E-state index contributed by atoms with van der Waals surface area (Å²) in [4.78, 5) is 22.1. The number of carbonyl (C=O) groups is 1. The molecule has 0 amide bonds. The Balaban J connectivity index is 1.20. The number of ether oxygens (including phenoxy) is 2. The first-order valence-electron chi connectivity index (χ1n) is 13.4. The van der Waals surface area contributed by atoms with Crippen LogP contribution >= 0.6 is 11.6 Å². The highest BCUT2D eigenvalue weighted by Crippen LogP contribution is 2.57. The molecule has 0 bridgehead atoms. The first-order chi connectivity index (χ1) is 17.2. The fraction of sp³-hybridized carbons (Fsp3) is 0.533. The molecule has 2 heterocycles. The van der Waals surface area contributed by atoms with Crippen molar-refractivity contribution in [1.82, 2.24) is 9.97 Å². The number of hydrogen-bond donors (Lipinski definition) is 1. The number of halogens is 1. The second-order valence-electron chi connectivity index (χ2n) is 12.3. The maximum Gasteiger partial charge on any atom is 0.310 e. The van der Waals surface area contributed by atoms with Crippen molar-refractivity contribution in [1.29, 1.82) is 0 Å². The molecule has 0 radical (unpaired) electrons. The van der Waals surface area contributed by atoms with Crippen LogP contribution in [0.2, 0.25) is 5.02 Å². The Labute approximate surface area is 217 Å². The summed E-state index contributed by atoms with van der Waals surface area (Å²) in [7, 11) is 0. The van der Waals surface area contributed by atoms with Gasteiger partial charge in [0, 0.05) is 28.1 Å². The number of aromatic amines is 1. The summed E-state index contributed by atoms with van der Waals surface area (Å²) in [5.74, 6) is 2.50. The number of H-pyrrole nitrogens is 1. The summed E-state index contributed by atoms with van der Waals surface area (Å²) in [6.45, 7) is 6.42. The lowest BCUT2D eigenvalue weighted by Gasteiger charge is -2.35. The lowest BCUT2D eigenvalue weighted by atomic mass is 9.77. The molecule has 6 atom stereocenters. The third-order valence-corrected chi connectivity index (χ3v) is 8.97. The van der Waals surface area contributed by atoms with Crippen LogP contribution in [0.1, 0.15) is 86.6 Å². The van der Waals surface area contributed by atoms with Crippen LogP contribution in [0.15, 0.2) is 35.9 Å². The average Bonchev–Trinajstić information content (AvgIpc) is 3.46. The number of aryl methyl sites for hydroxylation is 1. The zero-order valence-electron chi connectivity index (χ0n) is 21.1. The van der Waals surface area contributed by atoms with Crippen LogP contribution in [0.5, 0.6) is 0 Å². The first-order valence-corrected chi connectivity index (χ1v) is 13.8. The van der Waals surface area contributed by atoms with Crippen molar-refractivity contribution < 1.29 is 14.3 Å². The van der Waals surface area contributed by atoms with E-state index in [2.05, 4.69) is 23.2 Å². The molecule has 1 aliphatic heterocycles. The molecular formula is C30H33ClN2O3. The Bertz CT molecular complexity index is 1320. The van der Waals surface area contributed by atoms with Crippen molar-refractivity contribution >= 4 is 23.1 Å². The molecule has 0 saturated heterocycles. The van der Waals surface area contributed by atoms with E-state index in [9.17, 15) is 4.79 Å². The normalized spacial score (nSPS) is 32.1. The summed E-state index contributed by atoms with van der Waals surface area (Å²) < 4.78 is 12.1. The number of benzene rings is 1. The predicted octanol–water partition coefficient (Wildman–Crippen LogP) is 6.49. The highest BCUT2D eigenvalue weighted by molar-refractivity contribution is 6.30. The maximum absolute atomic E-state index is 13.2. The lowest BCUT2D eigenvalue weighted by molar-refractivity contribution is -0.162. The van der Waals surface area contributed by atoms with Crippen LogP contribution in [0, 0.1) is 17.8 Å². The van der Waals surface area contributed by atoms with Gasteiger partial charge in [-0.1, -0.05) is 23.7 Å². The van der Waals surface area contributed by atoms with Gasteiger partial charge in [0.15, 0.2) is 0 Å². The molecule has 36 heavy (non-hydrogen) atoms. The van der Waals surface area contributed by atoms with Gasteiger partial charge in [-0.15, -0.1) is 0 Å². The van der Waals surface area contributed by atoms with Crippen LogP contribution in [0.3, 0.4) is 0 Å². The van der Waals surface area contributed by atoms with Crippen LogP contribution in [0.25, 0.3) is 5.57 Å². The standard InChI is InChI=1S/C30H33ClN2O3/c1-30(2,3)36-29(34)24-12-17-8-16(17)11-23(24)28-32-25-7-4-15-10-22-20-6-5-19(31)9-18(20)14-35-26(22)13-21(15)27(25)33-28/h5-6,9-10,13,16-17,22-24,26H,4,7-8,11-12,14H2,1-3H3,(H,32,33)/t16-,17+,22?,23?,24?,26?/m1/s1. The van der Waals surface area contributed by atoms with E-state index in [0.29, 0.717) is 12.5 Å². The number of esters is 1. The molecule has 6 heteroatoms. The number of carbonyl (C=O) groups excluding carboxylic acids is 1. The van der Waals surface area contributed by atoms with Gasteiger partial charge in [0.05, 0.1) is 24.3 Å². The van der Waals surface area contributed by atoms with Crippen LogP contribution in [-0.2, 0) is 27.3 Å². The fourth-order valence-electron chi connectivity index (χ4n) is 6.93. The Morgan fingerprint density at radius 2 is 1.97 bits per heavy atom. The van der Waals surface area contributed by atoms with E-state index >= 15 is 0 Å². The largest absolute Gasteiger partial charge is 0.460 e. The topological polar surface area (TPSA) is 64.2 Å². The minimum absolute atomic E-state index is 0.0000554. The number of rotatable bonds is 2. The van der Waals surface area contributed by atoms with Gasteiger partial charge in [-0.3, -0.25) is 4.79 Å². The van der Waals surface area contributed by atoms with Crippen molar-refractivity contribution in [3.63, 3.8) is 0 Å². The van der Waals surface area contributed by atoms with Gasteiger partial charge in [-0.2, -0.15) is 0 Å². The van der Waals surface area contributed by atoms with E-state index in [-0.39, 0.29) is 29.8 Å². The van der Waals surface area contributed by atoms with Gasteiger partial charge in [0.25, 0.3) is 0 Å². The smallest absolute Gasteiger partial charge is 0.310 e. The SMILES string of the molecule is CC(C)(C)OC(=O)C1C[C@@H]2C[C@@H]2CC1c1nc2c([nH]1)CCC1=CC3c4ccc(Cl)cc4COC3C=C12. The molecule has 2 fully saturated rings. The molecule has 2 aromatic rings. The second-order valence-corrected chi connectivity index (χ2v) is 12.8. The second kappa shape index (κ2) is 8.06. The maximum atomic E-state index is 13.2. The van der Waals surface area contributed by atoms with Gasteiger partial charge in [-0.05, 0) is 99.6 Å². The van der Waals surface area contributed by atoms with E-state index in [0.717, 1.165) is 48.1 Å². The number of fused-ring (bicyclic) bond motifs is 7. The molecule has 1 N–H and O–H groups in total. The number of nitrogens with one attached hydrogen (secondary N) is 1. The fourth-order valence-corrected chi connectivity index (χ4v) is 7.13. The third-order valence-electron chi connectivity index (χ3n) is 8.73. The summed E-state index contributed by atoms with van der Waals surface area (Å²) in [5.41, 5.74) is 6.81.